The van der Waals surface area contributed by atoms with Gasteiger partial charge in [-0.2, -0.15) is 0 Å². The van der Waals surface area contributed by atoms with Crippen molar-refractivity contribution in [2.45, 2.75) is 19.5 Å². The summed E-state index contributed by atoms with van der Waals surface area (Å²) in [5.74, 6) is 1.83. The maximum Gasteiger partial charge on any atom is 0.204 e. The van der Waals surface area contributed by atoms with Crippen LogP contribution in [0.2, 0.25) is 0 Å². The minimum Gasteiger partial charge on any atom is -0.352 e. The fourth-order valence-corrected chi connectivity index (χ4v) is 1.85. The van der Waals surface area contributed by atoms with Gasteiger partial charge in [-0.3, -0.25) is 4.99 Å². The second kappa shape index (κ2) is 6.26. The lowest BCUT2D eigenvalue weighted by Gasteiger charge is -2.13. The molecule has 0 saturated carbocycles. The van der Waals surface area contributed by atoms with Crippen LogP contribution in [0, 0.1) is 0 Å². The van der Waals surface area contributed by atoms with E-state index in [0.717, 1.165) is 30.7 Å². The molecule has 2 N–H and O–H groups in total. The van der Waals surface area contributed by atoms with E-state index in [1.807, 2.05) is 32.2 Å². The molecule has 0 radical (unpaired) electrons. The van der Waals surface area contributed by atoms with Gasteiger partial charge >= 0.3 is 0 Å². The Hall–Kier alpha value is -0.990. The van der Waals surface area contributed by atoms with E-state index >= 15 is 0 Å². The summed E-state index contributed by atoms with van der Waals surface area (Å²) in [6.45, 7) is 3.69. The van der Waals surface area contributed by atoms with Crippen LogP contribution in [-0.4, -0.2) is 42.2 Å². The third kappa shape index (κ3) is 3.27. The Bertz CT molecular complexity index is 425. The largest absolute Gasteiger partial charge is 0.352 e. The standard InChI is InChI=1S/C11H20N6.HI/c1-8-5-12-10(15-8)13-6-9-7-14-11(16(2)3)17(9)4;/h7-8H,5-6H2,1-4H3,(H2,12,13,15);1H. The van der Waals surface area contributed by atoms with Crippen LogP contribution in [0.3, 0.4) is 0 Å². The van der Waals surface area contributed by atoms with Crippen LogP contribution in [0.5, 0.6) is 0 Å². The summed E-state index contributed by atoms with van der Waals surface area (Å²) < 4.78 is 2.08. The van der Waals surface area contributed by atoms with Crippen molar-refractivity contribution in [3.63, 3.8) is 0 Å². The minimum atomic E-state index is 0. The molecule has 18 heavy (non-hydrogen) atoms. The van der Waals surface area contributed by atoms with Gasteiger partial charge < -0.3 is 20.1 Å². The van der Waals surface area contributed by atoms with Crippen molar-refractivity contribution in [2.24, 2.45) is 12.0 Å². The maximum atomic E-state index is 4.36. The molecule has 2 heterocycles. The van der Waals surface area contributed by atoms with Crippen molar-refractivity contribution in [2.75, 3.05) is 25.5 Å². The number of hydrogen-bond acceptors (Lipinski definition) is 5. The van der Waals surface area contributed by atoms with Gasteiger partial charge in [0.25, 0.3) is 0 Å². The van der Waals surface area contributed by atoms with E-state index in [9.17, 15) is 0 Å². The van der Waals surface area contributed by atoms with Crippen LogP contribution in [-0.2, 0) is 13.6 Å². The van der Waals surface area contributed by atoms with Crippen molar-refractivity contribution in [1.29, 1.82) is 0 Å². The van der Waals surface area contributed by atoms with E-state index in [2.05, 4.69) is 32.1 Å². The first-order valence-corrected chi connectivity index (χ1v) is 5.80. The highest BCUT2D eigenvalue weighted by Crippen LogP contribution is 2.10. The highest BCUT2D eigenvalue weighted by molar-refractivity contribution is 14.0. The first-order chi connectivity index (χ1) is 8.08. The predicted octanol–water partition coefficient (Wildman–Crippen LogP) is 0.541. The van der Waals surface area contributed by atoms with Crippen LogP contribution in [0.15, 0.2) is 11.2 Å². The molecule has 2 rings (SSSR count). The molecule has 1 atom stereocenters. The number of nitrogens with zero attached hydrogens (tertiary/aromatic N) is 4. The molecule has 102 valence electrons. The fourth-order valence-electron chi connectivity index (χ4n) is 1.85. The third-order valence-corrected chi connectivity index (χ3v) is 2.80. The molecule has 0 saturated heterocycles. The third-order valence-electron chi connectivity index (χ3n) is 2.80. The quantitative estimate of drug-likeness (QED) is 0.769. The van der Waals surface area contributed by atoms with E-state index in [1.54, 1.807) is 0 Å². The smallest absolute Gasteiger partial charge is 0.204 e. The summed E-state index contributed by atoms with van der Waals surface area (Å²) in [6, 6.07) is 0.432. The van der Waals surface area contributed by atoms with Gasteiger partial charge in [-0.1, -0.05) is 0 Å². The summed E-state index contributed by atoms with van der Waals surface area (Å²) in [5.41, 5.74) is 1.14. The Kier molecular flexibility index (Phi) is 5.24. The number of halogens is 1. The molecule has 0 spiro atoms. The molecule has 0 amide bonds. The molecule has 0 fully saturated rings. The summed E-state index contributed by atoms with van der Waals surface area (Å²) in [4.78, 5) is 10.7. The van der Waals surface area contributed by atoms with Gasteiger partial charge in [-0.15, -0.1) is 24.0 Å². The van der Waals surface area contributed by atoms with E-state index in [4.69, 9.17) is 0 Å². The van der Waals surface area contributed by atoms with Gasteiger partial charge in [0.15, 0.2) is 5.96 Å². The van der Waals surface area contributed by atoms with E-state index in [0.29, 0.717) is 6.04 Å². The summed E-state index contributed by atoms with van der Waals surface area (Å²) in [5, 5.41) is 6.55. The molecule has 0 aromatic carbocycles. The number of aromatic nitrogens is 2. The zero-order chi connectivity index (χ0) is 12.4. The lowest BCUT2D eigenvalue weighted by molar-refractivity contribution is 0.705. The van der Waals surface area contributed by atoms with Gasteiger partial charge in [-0.05, 0) is 6.92 Å². The van der Waals surface area contributed by atoms with Crippen molar-refractivity contribution in [1.82, 2.24) is 20.2 Å². The molecular formula is C11H21IN6. The van der Waals surface area contributed by atoms with E-state index in [-0.39, 0.29) is 24.0 Å². The van der Waals surface area contributed by atoms with E-state index < -0.39 is 0 Å². The average Bonchev–Trinajstić information content (AvgIpc) is 2.82. The first-order valence-electron chi connectivity index (χ1n) is 5.80. The Morgan fingerprint density at radius 2 is 2.28 bits per heavy atom. The molecule has 7 heteroatoms. The van der Waals surface area contributed by atoms with Gasteiger partial charge in [0.2, 0.25) is 5.95 Å². The number of imidazole rings is 1. The van der Waals surface area contributed by atoms with Crippen LogP contribution in [0.1, 0.15) is 12.6 Å². The molecule has 1 aromatic heterocycles. The van der Waals surface area contributed by atoms with Crippen molar-refractivity contribution in [3.8, 4) is 0 Å². The lowest BCUT2D eigenvalue weighted by Crippen LogP contribution is -2.37. The molecule has 0 bridgehead atoms. The topological polar surface area (TPSA) is 57.5 Å². The fraction of sp³-hybridized carbons (Fsp3) is 0.636. The SMILES string of the molecule is CC1CN=C(NCc2cnc(N(C)C)n2C)N1.I. The molecular weight excluding hydrogens is 343 g/mol. The Labute approximate surface area is 125 Å². The zero-order valence-corrected chi connectivity index (χ0v) is 13.6. The predicted molar refractivity (Wildman–Crippen MR) is 84.7 cm³/mol. The molecule has 1 aliphatic rings. The lowest BCUT2D eigenvalue weighted by atomic mass is 10.4. The molecule has 1 aromatic rings. The number of anilines is 1. The number of guanidine groups is 1. The normalized spacial score (nSPS) is 17.8. The highest BCUT2D eigenvalue weighted by Gasteiger charge is 2.13. The monoisotopic (exact) mass is 364 g/mol. The Morgan fingerprint density at radius 3 is 2.78 bits per heavy atom. The second-order valence-corrected chi connectivity index (χ2v) is 4.59. The van der Waals surface area contributed by atoms with Crippen LogP contribution in [0.25, 0.3) is 0 Å². The second-order valence-electron chi connectivity index (χ2n) is 4.59. The van der Waals surface area contributed by atoms with Crippen molar-refractivity contribution in [3.05, 3.63) is 11.9 Å². The van der Waals surface area contributed by atoms with Gasteiger partial charge in [0.1, 0.15) is 0 Å². The summed E-state index contributed by atoms with van der Waals surface area (Å²) >= 11 is 0. The molecule has 1 unspecified atom stereocenters. The van der Waals surface area contributed by atoms with Gasteiger partial charge in [0, 0.05) is 27.2 Å². The van der Waals surface area contributed by atoms with Crippen LogP contribution in [0.4, 0.5) is 5.95 Å². The number of hydrogen-bond donors (Lipinski definition) is 2. The first kappa shape index (κ1) is 15.1. The zero-order valence-electron chi connectivity index (χ0n) is 11.3. The van der Waals surface area contributed by atoms with Gasteiger partial charge in [0.05, 0.1) is 25.0 Å². The molecule has 1 aliphatic heterocycles. The van der Waals surface area contributed by atoms with Crippen molar-refractivity contribution >= 4 is 35.9 Å². The maximum absolute atomic E-state index is 4.36. The van der Waals surface area contributed by atoms with Crippen LogP contribution < -0.4 is 15.5 Å². The number of rotatable bonds is 3. The molecule has 6 nitrogen and oxygen atoms in total. The number of aliphatic imine (C=N–C) groups is 1. The number of nitrogens with one attached hydrogen (secondary N) is 2. The average molecular weight is 364 g/mol. The minimum absolute atomic E-state index is 0. The van der Waals surface area contributed by atoms with Gasteiger partial charge in [-0.25, -0.2) is 4.98 Å². The summed E-state index contributed by atoms with van der Waals surface area (Å²) in [6.07, 6.45) is 1.89. The highest BCUT2D eigenvalue weighted by atomic mass is 127. The molecule has 0 aliphatic carbocycles. The van der Waals surface area contributed by atoms with E-state index in [1.165, 1.54) is 0 Å². The Balaban J connectivity index is 0.00000162. The van der Waals surface area contributed by atoms with Crippen molar-refractivity contribution < 1.29 is 0 Å². The van der Waals surface area contributed by atoms with Crippen LogP contribution >= 0.6 is 24.0 Å². The summed E-state index contributed by atoms with van der Waals surface area (Å²) in [7, 11) is 6.00. The Morgan fingerprint density at radius 1 is 1.56 bits per heavy atom.